The number of esters is 1. The van der Waals surface area contributed by atoms with E-state index in [1.54, 1.807) is 24.3 Å². The van der Waals surface area contributed by atoms with Crippen LogP contribution in [0.3, 0.4) is 0 Å². The highest BCUT2D eigenvalue weighted by Crippen LogP contribution is 2.28. The number of hydrogen-bond acceptors (Lipinski definition) is 6. The van der Waals surface area contributed by atoms with E-state index in [1.807, 2.05) is 0 Å². The van der Waals surface area contributed by atoms with Crippen LogP contribution >= 0.6 is 11.3 Å². The number of aliphatic hydroxyl groups is 1. The van der Waals surface area contributed by atoms with Crippen molar-refractivity contribution in [2.75, 3.05) is 6.61 Å². The molecular formula is C18H16FNO4S. The zero-order valence-corrected chi connectivity index (χ0v) is 14.4. The van der Waals surface area contributed by atoms with E-state index in [9.17, 15) is 19.1 Å². The topological polar surface area (TPSA) is 87.5 Å². The first-order valence-electron chi connectivity index (χ1n) is 7.31. The van der Waals surface area contributed by atoms with Gasteiger partial charge in [0.1, 0.15) is 23.1 Å². The maximum absolute atomic E-state index is 13.0. The SMILES string of the molecule is CC(=N)/C(C(C)=O)=C(/O)COC(=O)c1ccc(-c2ccc(F)cc2)s1. The molecule has 1 aromatic heterocycles. The average molecular weight is 361 g/mol. The third-order valence-electron chi connectivity index (χ3n) is 3.29. The first-order chi connectivity index (χ1) is 11.8. The van der Waals surface area contributed by atoms with Crippen molar-refractivity contribution < 1.29 is 23.8 Å². The van der Waals surface area contributed by atoms with Crippen LogP contribution < -0.4 is 0 Å². The third-order valence-corrected chi connectivity index (χ3v) is 4.41. The van der Waals surface area contributed by atoms with E-state index in [0.717, 1.165) is 10.4 Å². The molecule has 2 rings (SSSR count). The molecule has 7 heteroatoms. The van der Waals surface area contributed by atoms with Crippen LogP contribution in [-0.4, -0.2) is 29.2 Å². The summed E-state index contributed by atoms with van der Waals surface area (Å²) < 4.78 is 17.9. The molecule has 130 valence electrons. The van der Waals surface area contributed by atoms with Gasteiger partial charge in [-0.15, -0.1) is 11.3 Å². The van der Waals surface area contributed by atoms with Crippen LogP contribution in [-0.2, 0) is 9.53 Å². The molecule has 0 amide bonds. The molecule has 0 fully saturated rings. The number of aliphatic hydroxyl groups excluding tert-OH is 1. The Balaban J connectivity index is 2.09. The number of nitrogens with one attached hydrogen (secondary N) is 1. The minimum absolute atomic E-state index is 0.101. The highest BCUT2D eigenvalue weighted by atomic mass is 32.1. The van der Waals surface area contributed by atoms with Crippen LogP contribution in [0.2, 0.25) is 0 Å². The van der Waals surface area contributed by atoms with Gasteiger partial charge in [0.05, 0.1) is 5.57 Å². The quantitative estimate of drug-likeness (QED) is 0.350. The fourth-order valence-corrected chi connectivity index (χ4v) is 3.08. The Morgan fingerprint density at radius 1 is 1.16 bits per heavy atom. The molecule has 0 aliphatic carbocycles. The van der Waals surface area contributed by atoms with Gasteiger partial charge in [0.15, 0.2) is 5.78 Å². The predicted molar refractivity (Wildman–Crippen MR) is 93.7 cm³/mol. The number of allylic oxidation sites excluding steroid dienone is 1. The summed E-state index contributed by atoms with van der Waals surface area (Å²) in [5, 5.41) is 17.3. The molecule has 0 aliphatic rings. The van der Waals surface area contributed by atoms with E-state index < -0.39 is 24.1 Å². The van der Waals surface area contributed by atoms with E-state index in [4.69, 9.17) is 10.1 Å². The number of hydrogen-bond donors (Lipinski definition) is 2. The van der Waals surface area contributed by atoms with Crippen LogP contribution in [0.4, 0.5) is 4.39 Å². The fourth-order valence-electron chi connectivity index (χ4n) is 2.18. The molecule has 0 bridgehead atoms. The summed E-state index contributed by atoms with van der Waals surface area (Å²) in [5.41, 5.74) is 0.508. The highest BCUT2D eigenvalue weighted by molar-refractivity contribution is 7.17. The molecule has 0 radical (unpaired) electrons. The van der Waals surface area contributed by atoms with Gasteiger partial charge in [0.2, 0.25) is 0 Å². The summed E-state index contributed by atoms with van der Waals surface area (Å²) in [7, 11) is 0. The number of benzene rings is 1. The van der Waals surface area contributed by atoms with Crippen LogP contribution in [0, 0.1) is 11.2 Å². The van der Waals surface area contributed by atoms with Gasteiger partial charge in [0, 0.05) is 10.6 Å². The molecule has 1 heterocycles. The van der Waals surface area contributed by atoms with Gasteiger partial charge in [-0.05, 0) is 43.7 Å². The Kier molecular flexibility index (Phi) is 5.82. The van der Waals surface area contributed by atoms with Crippen molar-refractivity contribution in [2.45, 2.75) is 13.8 Å². The molecule has 25 heavy (non-hydrogen) atoms. The molecular weight excluding hydrogens is 345 g/mol. The van der Waals surface area contributed by atoms with E-state index in [0.29, 0.717) is 4.88 Å². The minimum atomic E-state index is -0.657. The normalized spacial score (nSPS) is 11.6. The van der Waals surface area contributed by atoms with Crippen LogP contribution in [0.1, 0.15) is 23.5 Å². The van der Waals surface area contributed by atoms with Gasteiger partial charge in [-0.2, -0.15) is 0 Å². The molecule has 0 saturated heterocycles. The lowest BCUT2D eigenvalue weighted by molar-refractivity contribution is -0.113. The summed E-state index contributed by atoms with van der Waals surface area (Å²) in [6, 6.07) is 9.17. The molecule has 0 saturated carbocycles. The lowest BCUT2D eigenvalue weighted by Gasteiger charge is -2.07. The Morgan fingerprint density at radius 3 is 2.36 bits per heavy atom. The fraction of sp³-hybridized carbons (Fsp3) is 0.167. The van der Waals surface area contributed by atoms with Gasteiger partial charge >= 0.3 is 5.97 Å². The monoisotopic (exact) mass is 361 g/mol. The van der Waals surface area contributed by atoms with Gasteiger partial charge < -0.3 is 15.3 Å². The Labute approximate surface area is 147 Å². The Bertz CT molecular complexity index is 836. The number of ketones is 1. The lowest BCUT2D eigenvalue weighted by Crippen LogP contribution is -2.14. The average Bonchev–Trinajstić information content (AvgIpc) is 3.02. The summed E-state index contributed by atoms with van der Waals surface area (Å²) >= 11 is 1.17. The highest BCUT2D eigenvalue weighted by Gasteiger charge is 2.17. The number of halogens is 1. The lowest BCUT2D eigenvalue weighted by atomic mass is 10.1. The second kappa shape index (κ2) is 7.85. The summed E-state index contributed by atoms with van der Waals surface area (Å²) in [5.74, 6) is -1.93. The molecule has 0 aliphatic heterocycles. The molecule has 1 aromatic carbocycles. The molecule has 2 aromatic rings. The second-order valence-electron chi connectivity index (χ2n) is 5.25. The van der Waals surface area contributed by atoms with Crippen molar-refractivity contribution in [1.29, 1.82) is 5.41 Å². The van der Waals surface area contributed by atoms with E-state index in [-0.39, 0.29) is 17.1 Å². The zero-order chi connectivity index (χ0) is 18.6. The summed E-state index contributed by atoms with van der Waals surface area (Å²) in [6.45, 7) is 2.09. The summed E-state index contributed by atoms with van der Waals surface area (Å²) in [6.07, 6.45) is 0. The first-order valence-corrected chi connectivity index (χ1v) is 8.12. The number of carbonyl (C=O) groups is 2. The molecule has 5 nitrogen and oxygen atoms in total. The van der Waals surface area contributed by atoms with Crippen molar-refractivity contribution in [2.24, 2.45) is 0 Å². The smallest absolute Gasteiger partial charge is 0.348 e. The van der Waals surface area contributed by atoms with Gasteiger partial charge in [-0.25, -0.2) is 9.18 Å². The molecule has 0 spiro atoms. The van der Waals surface area contributed by atoms with Crippen LogP contribution in [0.5, 0.6) is 0 Å². The van der Waals surface area contributed by atoms with Crippen molar-refractivity contribution in [3.05, 3.63) is 58.4 Å². The third kappa shape index (κ3) is 4.60. The Morgan fingerprint density at radius 2 is 1.80 bits per heavy atom. The maximum atomic E-state index is 13.0. The van der Waals surface area contributed by atoms with E-state index in [2.05, 4.69) is 0 Å². The second-order valence-corrected chi connectivity index (χ2v) is 6.33. The predicted octanol–water partition coefficient (Wildman–Crippen LogP) is 4.15. The first kappa shape index (κ1) is 18.5. The van der Waals surface area contributed by atoms with Crippen LogP contribution in [0.25, 0.3) is 10.4 Å². The number of ether oxygens (including phenoxy) is 1. The zero-order valence-electron chi connectivity index (χ0n) is 13.6. The number of thiophene rings is 1. The van der Waals surface area contributed by atoms with Crippen molar-refractivity contribution in [1.82, 2.24) is 0 Å². The largest absolute Gasteiger partial charge is 0.508 e. The molecule has 0 unspecified atom stereocenters. The van der Waals surface area contributed by atoms with E-state index >= 15 is 0 Å². The van der Waals surface area contributed by atoms with Gasteiger partial charge in [-0.1, -0.05) is 12.1 Å². The number of Topliss-reactive ketones (excluding diaryl/α,β-unsaturated/α-hetero) is 1. The molecule has 0 atom stereocenters. The van der Waals surface area contributed by atoms with Gasteiger partial charge in [-0.3, -0.25) is 4.79 Å². The number of carbonyl (C=O) groups excluding carboxylic acids is 2. The minimum Gasteiger partial charge on any atom is -0.508 e. The summed E-state index contributed by atoms with van der Waals surface area (Å²) in [4.78, 5) is 24.5. The Hall–Kier alpha value is -2.80. The van der Waals surface area contributed by atoms with Crippen LogP contribution in [0.15, 0.2) is 47.7 Å². The van der Waals surface area contributed by atoms with E-state index in [1.165, 1.54) is 37.3 Å². The standard InChI is InChI=1S/C18H16FNO4S/c1-10(20)17(11(2)21)14(22)9-24-18(23)16-8-7-15(25-16)12-3-5-13(19)6-4-12/h3-8,20,22H,9H2,1-2H3/b17-14-,20-10?. The van der Waals surface area contributed by atoms with Crippen molar-refractivity contribution >= 4 is 28.8 Å². The van der Waals surface area contributed by atoms with Gasteiger partial charge in [0.25, 0.3) is 0 Å². The van der Waals surface area contributed by atoms with Crippen molar-refractivity contribution in [3.63, 3.8) is 0 Å². The molecule has 2 N–H and O–H groups in total. The van der Waals surface area contributed by atoms with Crippen molar-refractivity contribution in [3.8, 4) is 10.4 Å². The number of rotatable bonds is 6. The maximum Gasteiger partial charge on any atom is 0.348 e.